The van der Waals surface area contributed by atoms with Crippen molar-refractivity contribution in [1.29, 1.82) is 0 Å². The van der Waals surface area contributed by atoms with E-state index < -0.39 is 0 Å². The van der Waals surface area contributed by atoms with E-state index in [4.69, 9.17) is 33.7 Å². The second-order valence-corrected chi connectivity index (χ2v) is 12.3. The molecule has 0 bridgehead atoms. The van der Waals surface area contributed by atoms with E-state index in [-0.39, 0.29) is 12.2 Å². The highest BCUT2D eigenvalue weighted by Crippen LogP contribution is 2.39. The van der Waals surface area contributed by atoms with Crippen LogP contribution in [0.15, 0.2) is 72.8 Å². The molecule has 0 fully saturated rings. The number of primary amides is 1. The Balaban J connectivity index is 0.00000134. The number of methoxy groups -OCH3 is 2. The molecule has 12 heteroatoms. The van der Waals surface area contributed by atoms with E-state index in [0.29, 0.717) is 53.7 Å². The molecule has 6 aromatic rings. The van der Waals surface area contributed by atoms with Gasteiger partial charge in [-0.05, 0) is 67.3 Å². The predicted octanol–water partition coefficient (Wildman–Crippen LogP) is 7.35. The number of thiazole rings is 1. The Morgan fingerprint density at radius 2 is 1.57 bits per heavy atom. The number of rotatable bonds is 10. The van der Waals surface area contributed by atoms with Crippen molar-refractivity contribution in [3.63, 3.8) is 0 Å². The van der Waals surface area contributed by atoms with Gasteiger partial charge in [-0.3, -0.25) is 4.79 Å². The number of nitrogens with two attached hydrogens (primary N) is 1. The molecule has 254 valence electrons. The third-order valence-corrected chi connectivity index (χ3v) is 9.29. The molecule has 0 radical (unpaired) electrons. The van der Waals surface area contributed by atoms with Crippen molar-refractivity contribution >= 4 is 44.1 Å². The summed E-state index contributed by atoms with van der Waals surface area (Å²) in [6.07, 6.45) is 2.10. The average molecular weight is 684 g/mol. The summed E-state index contributed by atoms with van der Waals surface area (Å²) >= 11 is 1.36. The van der Waals surface area contributed by atoms with Crippen LogP contribution in [0.4, 0.5) is 9.52 Å². The SMILES string of the molecule is CCOc1cc2c3c(c1)nc(-c1cc(F)c4sc(N(Cc5ccc(OC)cc5)Cc5ccc(OC)cc5)nc4c1)n3CCCCO2.NC=O. The van der Waals surface area contributed by atoms with Crippen LogP contribution in [0, 0.1) is 5.82 Å². The van der Waals surface area contributed by atoms with Crippen molar-refractivity contribution in [2.45, 2.75) is 39.4 Å². The second-order valence-electron chi connectivity index (χ2n) is 11.4. The predicted molar refractivity (Wildman–Crippen MR) is 190 cm³/mol. The molecule has 1 aliphatic rings. The molecule has 7 rings (SSSR count). The first-order chi connectivity index (χ1) is 23.9. The van der Waals surface area contributed by atoms with Crippen LogP contribution >= 0.6 is 11.3 Å². The molecule has 0 atom stereocenters. The molecule has 0 aliphatic carbocycles. The molecule has 3 heterocycles. The summed E-state index contributed by atoms with van der Waals surface area (Å²) in [5.74, 6) is 3.42. The largest absolute Gasteiger partial charge is 0.497 e. The Morgan fingerprint density at radius 1 is 0.918 bits per heavy atom. The standard InChI is InChI=1S/C36H35FN4O4S.CH3NO/c1-4-44-28-19-30-33-32(20-28)45-16-6-5-15-41(33)35(38-30)25-17-29(37)34-31(18-25)39-36(46-34)40(21-23-7-11-26(42-2)12-8-23)22-24-9-13-27(43-3)14-10-24;2-1-3/h7-14,17-20H,4-6,15-16,21-22H2,1-3H3;1H,(H2,2,3). The van der Waals surface area contributed by atoms with Gasteiger partial charge >= 0.3 is 0 Å². The van der Waals surface area contributed by atoms with Gasteiger partial charge < -0.3 is 34.1 Å². The molecule has 10 nitrogen and oxygen atoms in total. The van der Waals surface area contributed by atoms with Crippen LogP contribution in [0.25, 0.3) is 32.6 Å². The zero-order valence-electron chi connectivity index (χ0n) is 27.6. The number of hydrogen-bond acceptors (Lipinski definition) is 9. The van der Waals surface area contributed by atoms with E-state index in [0.717, 1.165) is 63.9 Å². The van der Waals surface area contributed by atoms with Crippen LogP contribution in [-0.4, -0.2) is 48.4 Å². The third-order valence-electron chi connectivity index (χ3n) is 8.15. The minimum atomic E-state index is -0.317. The number of benzene rings is 4. The summed E-state index contributed by atoms with van der Waals surface area (Å²) in [6, 6.07) is 23.3. The van der Waals surface area contributed by atoms with Gasteiger partial charge in [-0.15, -0.1) is 0 Å². The van der Waals surface area contributed by atoms with Crippen LogP contribution in [0.1, 0.15) is 30.9 Å². The molecule has 1 aliphatic heterocycles. The first-order valence-corrected chi connectivity index (χ1v) is 16.8. The van der Waals surface area contributed by atoms with Crippen LogP contribution in [-0.2, 0) is 24.4 Å². The van der Waals surface area contributed by atoms with Gasteiger partial charge in [-0.2, -0.15) is 0 Å². The van der Waals surface area contributed by atoms with E-state index in [1.807, 2.05) is 73.7 Å². The highest BCUT2D eigenvalue weighted by molar-refractivity contribution is 7.22. The maximum absolute atomic E-state index is 16.0. The summed E-state index contributed by atoms with van der Waals surface area (Å²) in [5, 5.41) is 0.734. The lowest BCUT2D eigenvalue weighted by molar-refractivity contribution is -0.106. The molecule has 49 heavy (non-hydrogen) atoms. The molecule has 4 aromatic carbocycles. The highest BCUT2D eigenvalue weighted by atomic mass is 32.1. The molecule has 0 saturated carbocycles. The van der Waals surface area contributed by atoms with Crippen molar-refractivity contribution in [1.82, 2.24) is 14.5 Å². The number of fused-ring (bicyclic) bond motifs is 1. The van der Waals surface area contributed by atoms with Gasteiger partial charge in [0.2, 0.25) is 6.41 Å². The van der Waals surface area contributed by atoms with Gasteiger partial charge in [-0.25, -0.2) is 14.4 Å². The van der Waals surface area contributed by atoms with Gasteiger partial charge in [0.05, 0.1) is 43.2 Å². The minimum absolute atomic E-state index is 0.250. The van der Waals surface area contributed by atoms with Crippen LogP contribution < -0.4 is 29.6 Å². The fourth-order valence-corrected chi connectivity index (χ4v) is 6.85. The number of imidazole rings is 1. The molecular formula is C37H38FN5O5S. The molecule has 0 spiro atoms. The molecule has 0 unspecified atom stereocenters. The van der Waals surface area contributed by atoms with Gasteiger partial charge in [-0.1, -0.05) is 35.6 Å². The van der Waals surface area contributed by atoms with Crippen molar-refractivity contribution in [3.05, 3.63) is 89.7 Å². The van der Waals surface area contributed by atoms with Gasteiger partial charge in [0.1, 0.15) is 40.2 Å². The van der Waals surface area contributed by atoms with Gasteiger partial charge in [0.25, 0.3) is 0 Å². The lowest BCUT2D eigenvalue weighted by atomic mass is 10.1. The van der Waals surface area contributed by atoms with Crippen molar-refractivity contribution in [3.8, 4) is 34.4 Å². The average Bonchev–Trinajstić information content (AvgIpc) is 3.70. The van der Waals surface area contributed by atoms with Gasteiger partial charge in [0.15, 0.2) is 5.13 Å². The highest BCUT2D eigenvalue weighted by Gasteiger charge is 2.23. The quantitative estimate of drug-likeness (QED) is 0.149. The van der Waals surface area contributed by atoms with Crippen LogP contribution in [0.5, 0.6) is 23.0 Å². The molecule has 1 amide bonds. The van der Waals surface area contributed by atoms with E-state index in [2.05, 4.69) is 15.2 Å². The Morgan fingerprint density at radius 3 is 2.18 bits per heavy atom. The lowest BCUT2D eigenvalue weighted by Gasteiger charge is -2.22. The maximum atomic E-state index is 16.0. The first-order valence-electron chi connectivity index (χ1n) is 16.0. The fraction of sp³-hybridized carbons (Fsp3) is 0.270. The van der Waals surface area contributed by atoms with Gasteiger partial charge in [0, 0.05) is 37.3 Å². The number of carbonyl (C=O) groups excluding carboxylic acids is 1. The van der Waals surface area contributed by atoms with E-state index in [9.17, 15) is 0 Å². The molecular weight excluding hydrogens is 646 g/mol. The monoisotopic (exact) mass is 683 g/mol. The number of aromatic nitrogens is 3. The first kappa shape index (κ1) is 33.5. The van der Waals surface area contributed by atoms with Crippen LogP contribution in [0.3, 0.4) is 0 Å². The van der Waals surface area contributed by atoms with Crippen molar-refractivity contribution in [2.24, 2.45) is 5.73 Å². The summed E-state index contributed by atoms with van der Waals surface area (Å²) in [6.45, 7) is 5.07. The summed E-state index contributed by atoms with van der Waals surface area (Å²) in [4.78, 5) is 20.8. The van der Waals surface area contributed by atoms with Crippen molar-refractivity contribution < 1.29 is 28.1 Å². The van der Waals surface area contributed by atoms with E-state index >= 15 is 4.39 Å². The fourth-order valence-electron chi connectivity index (χ4n) is 5.90. The number of amides is 1. The molecule has 2 aromatic heterocycles. The normalized spacial score (nSPS) is 12.3. The molecule has 0 saturated heterocycles. The zero-order chi connectivity index (χ0) is 34.3. The third kappa shape index (κ3) is 7.39. The van der Waals surface area contributed by atoms with Crippen LogP contribution in [0.2, 0.25) is 0 Å². The topological polar surface area (TPSA) is 114 Å². The number of hydrogen-bond donors (Lipinski definition) is 1. The lowest BCUT2D eigenvalue weighted by Crippen LogP contribution is -2.21. The summed E-state index contributed by atoms with van der Waals surface area (Å²) < 4.78 is 41.3. The van der Waals surface area contributed by atoms with E-state index in [1.54, 1.807) is 20.3 Å². The minimum Gasteiger partial charge on any atom is -0.497 e. The van der Waals surface area contributed by atoms with Crippen molar-refractivity contribution in [2.75, 3.05) is 32.3 Å². The number of aryl methyl sites for hydroxylation is 1. The zero-order valence-corrected chi connectivity index (χ0v) is 28.5. The number of carbonyl (C=O) groups is 1. The Hall–Kier alpha value is -5.36. The van der Waals surface area contributed by atoms with E-state index in [1.165, 1.54) is 11.3 Å². The summed E-state index contributed by atoms with van der Waals surface area (Å²) in [7, 11) is 3.31. The number of ether oxygens (including phenoxy) is 4. The number of anilines is 1. The Kier molecular flexibility index (Phi) is 10.4. The Labute approximate surface area is 287 Å². The second kappa shape index (κ2) is 15.2. The smallest absolute Gasteiger partial charge is 0.204 e. The maximum Gasteiger partial charge on any atom is 0.204 e. The Bertz CT molecular complexity index is 2000. The summed E-state index contributed by atoms with van der Waals surface area (Å²) in [5.41, 5.74) is 9.30. The number of halogens is 1. The molecule has 2 N–H and O–H groups in total. The number of nitrogens with zero attached hydrogens (tertiary/aromatic N) is 4.